The molecular weight excluding hydrogens is 670 g/mol. The second-order valence-electron chi connectivity index (χ2n) is 11.6. The third kappa shape index (κ3) is 5.61. The Bertz CT molecular complexity index is 1790. The second kappa shape index (κ2) is 11.4. The Labute approximate surface area is 270 Å². The zero-order valence-electron chi connectivity index (χ0n) is 23.5. The zero-order chi connectivity index (χ0) is 30.6. The van der Waals surface area contributed by atoms with Crippen LogP contribution in [0.5, 0.6) is 0 Å². The zero-order valence-corrected chi connectivity index (χ0v) is 27.4. The van der Waals surface area contributed by atoms with Gasteiger partial charge in [0.2, 0.25) is 17.7 Å². The molecule has 7 nitrogen and oxygen atoms in total. The van der Waals surface area contributed by atoms with E-state index in [4.69, 9.17) is 11.6 Å². The molecule has 2 aliphatic rings. The predicted octanol–water partition coefficient (Wildman–Crippen LogP) is 7.06. The van der Waals surface area contributed by atoms with Crippen molar-refractivity contribution in [1.29, 1.82) is 0 Å². The summed E-state index contributed by atoms with van der Waals surface area (Å²) in [6.45, 7) is 6.16. The van der Waals surface area contributed by atoms with Gasteiger partial charge in [0, 0.05) is 26.0 Å². The molecule has 3 heterocycles. The normalized spacial score (nSPS) is 19.7. The van der Waals surface area contributed by atoms with Crippen molar-refractivity contribution in [2.75, 3.05) is 10.2 Å². The van der Waals surface area contributed by atoms with Crippen LogP contribution in [-0.4, -0.2) is 27.5 Å². The number of amides is 3. The van der Waals surface area contributed by atoms with E-state index in [1.54, 1.807) is 48.5 Å². The fourth-order valence-electron chi connectivity index (χ4n) is 5.53. The molecular formula is C32H27BrClN3O4S2. The summed E-state index contributed by atoms with van der Waals surface area (Å²) in [5.41, 5.74) is 2.96. The van der Waals surface area contributed by atoms with E-state index in [0.29, 0.717) is 26.3 Å². The lowest BCUT2D eigenvalue weighted by Crippen LogP contribution is -2.33. The molecule has 4 aromatic rings. The molecule has 0 bridgehead atoms. The molecule has 0 aliphatic carbocycles. The molecule has 2 unspecified atom stereocenters. The van der Waals surface area contributed by atoms with Gasteiger partial charge in [-0.2, -0.15) is 0 Å². The van der Waals surface area contributed by atoms with Gasteiger partial charge >= 0.3 is 4.87 Å². The number of carbonyl (C=O) groups excluding carboxylic acids is 3. The number of rotatable bonds is 5. The van der Waals surface area contributed by atoms with Crippen LogP contribution in [0.1, 0.15) is 42.7 Å². The Morgan fingerprint density at radius 2 is 1.58 bits per heavy atom. The summed E-state index contributed by atoms with van der Waals surface area (Å²) >= 11 is 11.6. The molecule has 1 saturated heterocycles. The smallest absolute Gasteiger partial charge is 0.308 e. The molecule has 3 amide bonds. The topological polar surface area (TPSA) is 88.5 Å². The van der Waals surface area contributed by atoms with Crippen LogP contribution in [0.25, 0.3) is 0 Å². The lowest BCUT2D eigenvalue weighted by Gasteiger charge is -2.31. The van der Waals surface area contributed by atoms with Crippen LogP contribution in [0.2, 0.25) is 5.02 Å². The molecule has 220 valence electrons. The first-order valence-corrected chi connectivity index (χ1v) is 16.5. The van der Waals surface area contributed by atoms with E-state index in [1.807, 2.05) is 24.3 Å². The SMILES string of the molecule is CC(C)(C)c1ccc([C@@H]2c3sc(=O)n(CC(=O)Nc4ccc(Cl)cc4)c3SC3C(=O)N(c4ccc(Br)cc4)C(=O)C32)cc1. The lowest BCUT2D eigenvalue weighted by atomic mass is 9.81. The van der Waals surface area contributed by atoms with E-state index in [2.05, 4.69) is 42.0 Å². The van der Waals surface area contributed by atoms with Crippen molar-refractivity contribution in [3.05, 3.63) is 108 Å². The van der Waals surface area contributed by atoms with Crippen LogP contribution in [-0.2, 0) is 26.3 Å². The Balaban J connectivity index is 1.41. The highest BCUT2D eigenvalue weighted by Gasteiger charge is 2.56. The first-order valence-electron chi connectivity index (χ1n) is 13.6. The molecule has 43 heavy (non-hydrogen) atoms. The van der Waals surface area contributed by atoms with Gasteiger partial charge in [-0.1, -0.05) is 95.7 Å². The molecule has 3 atom stereocenters. The van der Waals surface area contributed by atoms with E-state index < -0.39 is 17.1 Å². The monoisotopic (exact) mass is 695 g/mol. The van der Waals surface area contributed by atoms with Crippen LogP contribution in [0.4, 0.5) is 11.4 Å². The van der Waals surface area contributed by atoms with Crippen molar-refractivity contribution in [2.24, 2.45) is 5.92 Å². The third-order valence-electron chi connectivity index (χ3n) is 7.70. The number of anilines is 2. The average molecular weight is 697 g/mol. The maximum atomic E-state index is 14.1. The number of benzene rings is 3. The van der Waals surface area contributed by atoms with E-state index in [1.165, 1.54) is 21.2 Å². The first kappa shape index (κ1) is 29.9. The van der Waals surface area contributed by atoms with Gasteiger partial charge in [0.05, 0.1) is 16.6 Å². The lowest BCUT2D eigenvalue weighted by molar-refractivity contribution is -0.122. The van der Waals surface area contributed by atoms with Gasteiger partial charge in [0.25, 0.3) is 0 Å². The van der Waals surface area contributed by atoms with E-state index in [9.17, 15) is 19.2 Å². The molecule has 1 N–H and O–H groups in total. The molecule has 11 heteroatoms. The maximum Gasteiger partial charge on any atom is 0.308 e. The molecule has 2 aliphatic heterocycles. The second-order valence-corrected chi connectivity index (χ2v) is 15.1. The number of thiazole rings is 1. The molecule has 1 fully saturated rings. The molecule has 6 rings (SSSR count). The highest BCUT2D eigenvalue weighted by atomic mass is 79.9. The average Bonchev–Trinajstić information content (AvgIpc) is 3.40. The molecule has 0 saturated carbocycles. The third-order valence-corrected chi connectivity index (χ3v) is 11.1. The predicted molar refractivity (Wildman–Crippen MR) is 175 cm³/mol. The first-order chi connectivity index (χ1) is 20.4. The van der Waals surface area contributed by atoms with Gasteiger partial charge in [-0.15, -0.1) is 0 Å². The van der Waals surface area contributed by atoms with Crippen molar-refractivity contribution in [2.45, 2.75) is 48.9 Å². The van der Waals surface area contributed by atoms with E-state index in [0.717, 1.165) is 26.9 Å². The minimum Gasteiger partial charge on any atom is -0.325 e. The van der Waals surface area contributed by atoms with Crippen molar-refractivity contribution >= 4 is 79.7 Å². The highest BCUT2D eigenvalue weighted by Crippen LogP contribution is 2.54. The summed E-state index contributed by atoms with van der Waals surface area (Å²) in [5.74, 6) is -2.24. The molecule has 1 aromatic heterocycles. The summed E-state index contributed by atoms with van der Waals surface area (Å²) in [7, 11) is 0. The summed E-state index contributed by atoms with van der Waals surface area (Å²) in [5, 5.41) is 3.14. The number of thioether (sulfide) groups is 1. The molecule has 0 spiro atoms. The minimum atomic E-state index is -0.754. The van der Waals surface area contributed by atoms with E-state index in [-0.39, 0.29) is 34.6 Å². The Morgan fingerprint density at radius 1 is 0.930 bits per heavy atom. The van der Waals surface area contributed by atoms with Crippen LogP contribution < -0.4 is 15.1 Å². The summed E-state index contributed by atoms with van der Waals surface area (Å²) < 4.78 is 2.25. The number of imide groups is 1. The number of nitrogens with one attached hydrogen (secondary N) is 1. The van der Waals surface area contributed by atoms with Gasteiger partial charge in [0.1, 0.15) is 11.8 Å². The van der Waals surface area contributed by atoms with Crippen molar-refractivity contribution in [3.8, 4) is 0 Å². The minimum absolute atomic E-state index is 0.0717. The van der Waals surface area contributed by atoms with Crippen molar-refractivity contribution < 1.29 is 14.4 Å². The van der Waals surface area contributed by atoms with Gasteiger partial charge in [-0.3, -0.25) is 23.7 Å². The summed E-state index contributed by atoms with van der Waals surface area (Å²) in [4.78, 5) is 56.1. The van der Waals surface area contributed by atoms with Gasteiger partial charge in [-0.25, -0.2) is 4.90 Å². The van der Waals surface area contributed by atoms with Crippen LogP contribution in [0.3, 0.4) is 0 Å². The molecule has 3 aromatic carbocycles. The van der Waals surface area contributed by atoms with Crippen LogP contribution in [0.15, 0.2) is 87.1 Å². The number of hydrogen-bond acceptors (Lipinski definition) is 6. The van der Waals surface area contributed by atoms with Gasteiger partial charge < -0.3 is 5.32 Å². The van der Waals surface area contributed by atoms with E-state index >= 15 is 0 Å². The Kier molecular flexibility index (Phi) is 7.91. The van der Waals surface area contributed by atoms with Crippen molar-refractivity contribution in [3.63, 3.8) is 0 Å². The quantitative estimate of drug-likeness (QED) is 0.226. The number of halogens is 2. The largest absolute Gasteiger partial charge is 0.325 e. The number of aromatic nitrogens is 1. The standard InChI is InChI=1S/C32H27BrClN3O4S2/c1-32(2,3)18-6-4-17(5-7-18)24-25-26(29(40)37(28(25)39)22-14-8-19(33)9-15-22)42-30-27(24)43-31(41)36(30)16-23(38)35-21-12-10-20(34)11-13-21/h4-15,24-26H,16H2,1-3H3,(H,35,38)/t24-,25?,26?/m0/s1. The number of nitrogens with zero attached hydrogens (tertiary/aromatic N) is 2. The fraction of sp³-hybridized carbons (Fsp3) is 0.250. The fourth-order valence-corrected chi connectivity index (χ4v) is 8.69. The van der Waals surface area contributed by atoms with Crippen LogP contribution >= 0.6 is 50.6 Å². The number of hydrogen-bond donors (Lipinski definition) is 1. The Hall–Kier alpha value is -3.18. The van der Waals surface area contributed by atoms with Crippen LogP contribution in [0, 0.1) is 5.92 Å². The Morgan fingerprint density at radius 3 is 2.21 bits per heavy atom. The van der Waals surface area contributed by atoms with Gasteiger partial charge in [-0.05, 0) is 65.1 Å². The van der Waals surface area contributed by atoms with Gasteiger partial charge in [0.15, 0.2) is 0 Å². The summed E-state index contributed by atoms with van der Waals surface area (Å²) in [6, 6.07) is 21.8. The highest BCUT2D eigenvalue weighted by molar-refractivity contribution is 9.10. The number of carbonyl (C=O) groups is 3. The maximum absolute atomic E-state index is 14.1. The molecule has 0 radical (unpaired) electrons. The van der Waals surface area contributed by atoms with Crippen molar-refractivity contribution in [1.82, 2.24) is 4.57 Å². The number of fused-ring (bicyclic) bond motifs is 2. The summed E-state index contributed by atoms with van der Waals surface area (Å²) in [6.07, 6.45) is 0.